The minimum Gasteiger partial charge on any atom is -0.396 e. The average Bonchev–Trinajstić information content (AvgIpc) is 1.93. The van der Waals surface area contributed by atoms with Crippen LogP contribution in [0.2, 0.25) is 0 Å². The van der Waals surface area contributed by atoms with Crippen LogP contribution >= 0.6 is 0 Å². The molecule has 0 rings (SSSR count). The highest BCUT2D eigenvalue weighted by Gasteiger charge is 2.13. The predicted molar refractivity (Wildman–Crippen MR) is 46.1 cm³/mol. The summed E-state index contributed by atoms with van der Waals surface area (Å²) in [6.45, 7) is 9.14. The van der Waals surface area contributed by atoms with Crippen LogP contribution in [-0.2, 0) is 0 Å². The van der Waals surface area contributed by atoms with Crippen molar-refractivity contribution in [3.63, 3.8) is 0 Å². The van der Waals surface area contributed by atoms with Gasteiger partial charge >= 0.3 is 0 Å². The number of hydrogen-bond acceptors (Lipinski definition) is 2. The Balaban J connectivity index is 0. The van der Waals surface area contributed by atoms with Crippen molar-refractivity contribution in [2.24, 2.45) is 5.41 Å². The van der Waals surface area contributed by atoms with Gasteiger partial charge in [-0.05, 0) is 7.05 Å². The molecule has 0 aliphatic carbocycles. The summed E-state index contributed by atoms with van der Waals surface area (Å²) in [7, 11) is 1.89. The van der Waals surface area contributed by atoms with Gasteiger partial charge in [0.15, 0.2) is 0 Å². The van der Waals surface area contributed by atoms with Gasteiger partial charge in [0.2, 0.25) is 0 Å². The molecule has 0 atom stereocenters. The standard InChI is InChI=1S/C6H15NO.C2H6/c1-6(2,5-8)4-7-3;1-2/h7-8H,4-5H2,1-3H3;1-2H3. The third-order valence-electron chi connectivity index (χ3n) is 1.08. The summed E-state index contributed by atoms with van der Waals surface area (Å²) in [4.78, 5) is 0. The van der Waals surface area contributed by atoms with E-state index in [1.807, 2.05) is 34.7 Å². The van der Waals surface area contributed by atoms with E-state index in [2.05, 4.69) is 5.32 Å². The first-order chi connectivity index (χ1) is 4.62. The smallest absolute Gasteiger partial charge is 0.0494 e. The molecule has 0 aliphatic rings. The lowest BCUT2D eigenvalue weighted by atomic mass is 9.95. The number of rotatable bonds is 3. The van der Waals surface area contributed by atoms with E-state index in [9.17, 15) is 0 Å². The van der Waals surface area contributed by atoms with Gasteiger partial charge in [0.1, 0.15) is 0 Å². The molecule has 0 spiro atoms. The molecule has 2 heteroatoms. The van der Waals surface area contributed by atoms with Crippen LogP contribution in [0.5, 0.6) is 0 Å². The summed E-state index contributed by atoms with van der Waals surface area (Å²) in [5, 5.41) is 11.7. The minimum absolute atomic E-state index is 0.0365. The summed E-state index contributed by atoms with van der Waals surface area (Å²) in [6, 6.07) is 0. The van der Waals surface area contributed by atoms with Gasteiger partial charge in [0.25, 0.3) is 0 Å². The molecular formula is C8H21NO. The normalized spacial score (nSPS) is 10.2. The Morgan fingerprint density at radius 3 is 1.80 bits per heavy atom. The molecule has 2 N–H and O–H groups in total. The Kier molecular flexibility index (Phi) is 8.85. The van der Waals surface area contributed by atoms with E-state index in [0.717, 1.165) is 6.54 Å². The molecular weight excluding hydrogens is 126 g/mol. The van der Waals surface area contributed by atoms with Crippen LogP contribution in [0.15, 0.2) is 0 Å². The van der Waals surface area contributed by atoms with Crippen LogP contribution in [0.1, 0.15) is 27.7 Å². The van der Waals surface area contributed by atoms with Crippen LogP contribution in [0.25, 0.3) is 0 Å². The van der Waals surface area contributed by atoms with Crippen molar-refractivity contribution in [2.45, 2.75) is 27.7 Å². The molecule has 0 aliphatic heterocycles. The van der Waals surface area contributed by atoms with Crippen molar-refractivity contribution in [3.8, 4) is 0 Å². The molecule has 2 nitrogen and oxygen atoms in total. The predicted octanol–water partition coefficient (Wildman–Crippen LogP) is 1.25. The molecule has 0 aromatic rings. The molecule has 64 valence electrons. The quantitative estimate of drug-likeness (QED) is 0.629. The minimum atomic E-state index is 0.0365. The molecule has 0 amide bonds. The number of aliphatic hydroxyl groups is 1. The first kappa shape index (κ1) is 12.6. The Hall–Kier alpha value is -0.0800. The van der Waals surface area contributed by atoms with Crippen molar-refractivity contribution in [1.29, 1.82) is 0 Å². The van der Waals surface area contributed by atoms with E-state index in [1.165, 1.54) is 0 Å². The molecule has 0 saturated carbocycles. The van der Waals surface area contributed by atoms with Crippen LogP contribution in [0.4, 0.5) is 0 Å². The zero-order chi connectivity index (χ0) is 8.62. The fraction of sp³-hybridized carbons (Fsp3) is 1.00. The van der Waals surface area contributed by atoms with E-state index >= 15 is 0 Å². The SMILES string of the molecule is CC.CNCC(C)(C)CO. The van der Waals surface area contributed by atoms with E-state index in [-0.39, 0.29) is 12.0 Å². The van der Waals surface area contributed by atoms with E-state index < -0.39 is 0 Å². The van der Waals surface area contributed by atoms with Crippen LogP contribution in [-0.4, -0.2) is 25.3 Å². The maximum absolute atomic E-state index is 8.69. The molecule has 0 aromatic heterocycles. The Morgan fingerprint density at radius 2 is 1.70 bits per heavy atom. The summed E-state index contributed by atoms with van der Waals surface area (Å²) in [5.41, 5.74) is 0.0365. The fourth-order valence-electron chi connectivity index (χ4n) is 0.534. The highest BCUT2D eigenvalue weighted by molar-refractivity contribution is 4.67. The lowest BCUT2D eigenvalue weighted by molar-refractivity contribution is 0.159. The molecule has 0 fully saturated rings. The maximum atomic E-state index is 8.69. The van der Waals surface area contributed by atoms with E-state index in [4.69, 9.17) is 5.11 Å². The third-order valence-corrected chi connectivity index (χ3v) is 1.08. The first-order valence-corrected chi connectivity index (χ1v) is 3.88. The first-order valence-electron chi connectivity index (χ1n) is 3.88. The van der Waals surface area contributed by atoms with Crippen LogP contribution in [0, 0.1) is 5.41 Å². The Bertz CT molecular complexity index is 62.3. The van der Waals surface area contributed by atoms with Gasteiger partial charge in [0.05, 0.1) is 0 Å². The Labute approximate surface area is 64.6 Å². The largest absolute Gasteiger partial charge is 0.396 e. The molecule has 10 heavy (non-hydrogen) atoms. The second-order valence-electron chi connectivity index (χ2n) is 2.85. The molecule has 0 radical (unpaired) electrons. The Morgan fingerprint density at radius 1 is 1.30 bits per heavy atom. The van der Waals surface area contributed by atoms with Crippen LogP contribution in [0.3, 0.4) is 0 Å². The van der Waals surface area contributed by atoms with Gasteiger partial charge in [-0.3, -0.25) is 0 Å². The number of hydrogen-bond donors (Lipinski definition) is 2. The monoisotopic (exact) mass is 147 g/mol. The van der Waals surface area contributed by atoms with Gasteiger partial charge in [0, 0.05) is 18.6 Å². The topological polar surface area (TPSA) is 32.3 Å². The summed E-state index contributed by atoms with van der Waals surface area (Å²) >= 11 is 0. The lowest BCUT2D eigenvalue weighted by Crippen LogP contribution is -2.29. The highest BCUT2D eigenvalue weighted by Crippen LogP contribution is 2.10. The van der Waals surface area contributed by atoms with Gasteiger partial charge < -0.3 is 10.4 Å². The maximum Gasteiger partial charge on any atom is 0.0494 e. The zero-order valence-corrected chi connectivity index (χ0v) is 7.86. The number of nitrogens with one attached hydrogen (secondary N) is 1. The van der Waals surface area contributed by atoms with E-state index in [0.29, 0.717) is 0 Å². The fourth-order valence-corrected chi connectivity index (χ4v) is 0.534. The highest BCUT2D eigenvalue weighted by atomic mass is 16.3. The summed E-state index contributed by atoms with van der Waals surface area (Å²) < 4.78 is 0. The molecule has 0 heterocycles. The molecule has 0 bridgehead atoms. The summed E-state index contributed by atoms with van der Waals surface area (Å²) in [6.07, 6.45) is 0. The molecule has 0 unspecified atom stereocenters. The van der Waals surface area contributed by atoms with Crippen LogP contribution < -0.4 is 5.32 Å². The molecule has 0 aromatic carbocycles. The average molecular weight is 147 g/mol. The molecule has 0 saturated heterocycles. The zero-order valence-electron chi connectivity index (χ0n) is 7.86. The van der Waals surface area contributed by atoms with E-state index in [1.54, 1.807) is 0 Å². The third kappa shape index (κ3) is 7.92. The second kappa shape index (κ2) is 7.03. The van der Waals surface area contributed by atoms with Crippen molar-refractivity contribution in [2.75, 3.05) is 20.2 Å². The van der Waals surface area contributed by atoms with Crippen molar-refractivity contribution in [3.05, 3.63) is 0 Å². The number of aliphatic hydroxyl groups excluding tert-OH is 1. The van der Waals surface area contributed by atoms with Gasteiger partial charge in [-0.2, -0.15) is 0 Å². The van der Waals surface area contributed by atoms with Crippen molar-refractivity contribution >= 4 is 0 Å². The van der Waals surface area contributed by atoms with Crippen molar-refractivity contribution in [1.82, 2.24) is 5.32 Å². The summed E-state index contributed by atoms with van der Waals surface area (Å²) in [5.74, 6) is 0. The van der Waals surface area contributed by atoms with Crippen molar-refractivity contribution < 1.29 is 5.11 Å². The van der Waals surface area contributed by atoms with Gasteiger partial charge in [-0.25, -0.2) is 0 Å². The lowest BCUT2D eigenvalue weighted by Gasteiger charge is -2.19. The second-order valence-corrected chi connectivity index (χ2v) is 2.85. The van der Waals surface area contributed by atoms with Gasteiger partial charge in [-0.15, -0.1) is 0 Å². The van der Waals surface area contributed by atoms with Gasteiger partial charge in [-0.1, -0.05) is 27.7 Å².